The van der Waals surface area contributed by atoms with Gasteiger partial charge in [-0.3, -0.25) is 4.79 Å². The highest BCUT2D eigenvalue weighted by molar-refractivity contribution is 8.00. The molecule has 0 aliphatic carbocycles. The van der Waals surface area contributed by atoms with Gasteiger partial charge in [0, 0.05) is 11.1 Å². The van der Waals surface area contributed by atoms with Crippen molar-refractivity contribution >= 4 is 34.3 Å². The summed E-state index contributed by atoms with van der Waals surface area (Å²) in [6.45, 7) is 5.87. The molecule has 29 heavy (non-hydrogen) atoms. The molecule has 0 bridgehead atoms. The Balaban J connectivity index is 1.63. The van der Waals surface area contributed by atoms with Crippen LogP contribution in [0.1, 0.15) is 18.1 Å². The zero-order chi connectivity index (χ0) is 20.4. The Labute approximate surface area is 173 Å². The van der Waals surface area contributed by atoms with Gasteiger partial charge in [0.05, 0.1) is 17.0 Å². The van der Waals surface area contributed by atoms with E-state index < -0.39 is 0 Å². The van der Waals surface area contributed by atoms with E-state index in [2.05, 4.69) is 15.3 Å². The predicted molar refractivity (Wildman–Crippen MR) is 117 cm³/mol. The van der Waals surface area contributed by atoms with E-state index in [4.69, 9.17) is 4.42 Å². The molecule has 1 unspecified atom stereocenters. The Bertz CT molecular complexity index is 1150. The molecule has 0 saturated heterocycles. The van der Waals surface area contributed by atoms with Crippen LogP contribution in [-0.4, -0.2) is 21.1 Å². The molecule has 0 aliphatic rings. The Morgan fingerprint density at radius 3 is 2.48 bits per heavy atom. The van der Waals surface area contributed by atoms with Crippen LogP contribution >= 0.6 is 11.8 Å². The molecule has 2 heterocycles. The molecular formula is C23H21N3O2S. The van der Waals surface area contributed by atoms with Gasteiger partial charge < -0.3 is 9.73 Å². The van der Waals surface area contributed by atoms with Gasteiger partial charge in [0.15, 0.2) is 11.6 Å². The lowest BCUT2D eigenvalue weighted by Crippen LogP contribution is -2.23. The molecule has 0 fully saturated rings. The Hall–Kier alpha value is -3.12. The fourth-order valence-corrected chi connectivity index (χ4v) is 4.05. The van der Waals surface area contributed by atoms with Crippen molar-refractivity contribution in [1.82, 2.24) is 9.97 Å². The topological polar surface area (TPSA) is 68.0 Å². The zero-order valence-electron chi connectivity index (χ0n) is 16.5. The maximum absolute atomic E-state index is 12.9. The van der Waals surface area contributed by atoms with Crippen molar-refractivity contribution in [1.29, 1.82) is 0 Å². The van der Waals surface area contributed by atoms with Crippen molar-refractivity contribution in [2.24, 2.45) is 0 Å². The molecule has 6 heteroatoms. The van der Waals surface area contributed by atoms with E-state index in [0.29, 0.717) is 11.6 Å². The number of thioether (sulfide) groups is 1. The normalized spacial score (nSPS) is 12.1. The summed E-state index contributed by atoms with van der Waals surface area (Å²) in [7, 11) is 0. The maximum atomic E-state index is 12.9. The molecule has 1 amide bonds. The van der Waals surface area contributed by atoms with Crippen molar-refractivity contribution in [3.63, 3.8) is 0 Å². The van der Waals surface area contributed by atoms with Crippen LogP contribution in [0.4, 0.5) is 5.69 Å². The summed E-state index contributed by atoms with van der Waals surface area (Å²) < 4.78 is 5.47. The number of aryl methyl sites for hydroxylation is 2. The minimum absolute atomic E-state index is 0.0605. The van der Waals surface area contributed by atoms with E-state index in [0.717, 1.165) is 32.7 Å². The number of carbonyl (C=O) groups is 1. The first-order valence-corrected chi connectivity index (χ1v) is 10.3. The molecular weight excluding hydrogens is 382 g/mol. The predicted octanol–water partition coefficient (Wildman–Crippen LogP) is 5.63. The van der Waals surface area contributed by atoms with E-state index >= 15 is 0 Å². The summed E-state index contributed by atoms with van der Waals surface area (Å²) in [5.41, 5.74) is 3.78. The summed E-state index contributed by atoms with van der Waals surface area (Å²) in [6.07, 6.45) is 1.60. The summed E-state index contributed by atoms with van der Waals surface area (Å²) in [4.78, 5) is 22.2. The van der Waals surface area contributed by atoms with Crippen molar-refractivity contribution in [2.75, 3.05) is 5.32 Å². The van der Waals surface area contributed by atoms with Crippen LogP contribution in [0, 0.1) is 13.8 Å². The molecule has 5 nitrogen and oxygen atoms in total. The number of amides is 1. The first-order chi connectivity index (χ1) is 14.0. The van der Waals surface area contributed by atoms with Crippen LogP contribution in [0.3, 0.4) is 0 Å². The van der Waals surface area contributed by atoms with Crippen molar-refractivity contribution < 1.29 is 9.21 Å². The quantitative estimate of drug-likeness (QED) is 0.346. The number of hydrogen-bond acceptors (Lipinski definition) is 5. The van der Waals surface area contributed by atoms with Crippen LogP contribution in [0.15, 0.2) is 70.3 Å². The first kappa shape index (κ1) is 19.2. The smallest absolute Gasteiger partial charge is 0.237 e. The average Bonchev–Trinajstić information content (AvgIpc) is 3.25. The van der Waals surface area contributed by atoms with E-state index in [9.17, 15) is 4.79 Å². The van der Waals surface area contributed by atoms with Gasteiger partial charge in [0.2, 0.25) is 5.91 Å². The monoisotopic (exact) mass is 403 g/mol. The molecule has 2 aromatic heterocycles. The Morgan fingerprint density at radius 2 is 1.76 bits per heavy atom. The lowest BCUT2D eigenvalue weighted by atomic mass is 10.1. The number of aromatic nitrogens is 2. The third-order valence-electron chi connectivity index (χ3n) is 4.70. The minimum atomic E-state index is -0.336. The zero-order valence-corrected chi connectivity index (χ0v) is 17.3. The van der Waals surface area contributed by atoms with Crippen molar-refractivity contribution in [3.05, 3.63) is 72.0 Å². The van der Waals surface area contributed by atoms with Gasteiger partial charge in [-0.05, 0) is 50.1 Å². The van der Waals surface area contributed by atoms with Gasteiger partial charge in [-0.2, -0.15) is 0 Å². The Morgan fingerprint density at radius 1 is 1.00 bits per heavy atom. The maximum Gasteiger partial charge on any atom is 0.237 e. The van der Waals surface area contributed by atoms with Gasteiger partial charge in [0.1, 0.15) is 5.03 Å². The van der Waals surface area contributed by atoms with E-state index in [1.54, 1.807) is 12.3 Å². The molecule has 1 atom stereocenters. The SMILES string of the molecule is Cc1cccc(C)c1NC(=O)C(C)Sc1nc(-c2ccco2)nc2ccccc12. The number of nitrogens with one attached hydrogen (secondary N) is 1. The van der Waals surface area contributed by atoms with Crippen LogP contribution in [0.25, 0.3) is 22.5 Å². The van der Waals surface area contributed by atoms with E-state index in [1.165, 1.54) is 11.8 Å². The average molecular weight is 404 g/mol. The second-order valence-electron chi connectivity index (χ2n) is 6.86. The van der Waals surface area contributed by atoms with Crippen molar-refractivity contribution in [2.45, 2.75) is 31.0 Å². The fraction of sp³-hybridized carbons (Fsp3) is 0.174. The number of benzene rings is 2. The minimum Gasteiger partial charge on any atom is -0.461 e. The number of rotatable bonds is 5. The molecule has 0 spiro atoms. The lowest BCUT2D eigenvalue weighted by Gasteiger charge is -2.16. The Kier molecular flexibility index (Phi) is 5.36. The molecule has 4 rings (SSSR count). The van der Waals surface area contributed by atoms with Gasteiger partial charge in [-0.25, -0.2) is 9.97 Å². The summed E-state index contributed by atoms with van der Waals surface area (Å²) in [5, 5.41) is 4.40. The standard InChI is InChI=1S/C23H21N3O2S/c1-14-8-6-9-15(2)20(14)25-22(27)16(3)29-23-17-10-4-5-11-18(17)24-21(26-23)19-12-7-13-28-19/h4-13,16H,1-3H3,(H,25,27). The second-order valence-corrected chi connectivity index (χ2v) is 8.19. The van der Waals surface area contributed by atoms with Crippen LogP contribution < -0.4 is 5.32 Å². The van der Waals surface area contributed by atoms with Crippen LogP contribution in [0.5, 0.6) is 0 Å². The van der Waals surface area contributed by atoms with Gasteiger partial charge in [-0.15, -0.1) is 0 Å². The van der Waals surface area contributed by atoms with Crippen LogP contribution in [-0.2, 0) is 4.79 Å². The summed E-state index contributed by atoms with van der Waals surface area (Å²) >= 11 is 1.42. The van der Waals surface area contributed by atoms with Crippen LogP contribution in [0.2, 0.25) is 0 Å². The lowest BCUT2D eigenvalue weighted by molar-refractivity contribution is -0.115. The highest BCUT2D eigenvalue weighted by atomic mass is 32.2. The first-order valence-electron chi connectivity index (χ1n) is 9.37. The number of fused-ring (bicyclic) bond motifs is 1. The summed E-state index contributed by atoms with van der Waals surface area (Å²) in [5.74, 6) is 1.05. The number of carbonyl (C=O) groups excluding carboxylic acids is 1. The second kappa shape index (κ2) is 8.09. The number of hydrogen-bond donors (Lipinski definition) is 1. The van der Waals surface area contributed by atoms with Gasteiger partial charge in [0.25, 0.3) is 0 Å². The number of para-hydroxylation sites is 2. The largest absolute Gasteiger partial charge is 0.461 e. The molecule has 2 aromatic carbocycles. The molecule has 0 saturated carbocycles. The summed E-state index contributed by atoms with van der Waals surface area (Å²) in [6, 6.07) is 17.4. The fourth-order valence-electron chi connectivity index (χ4n) is 3.11. The third kappa shape index (κ3) is 4.03. The molecule has 4 aromatic rings. The highest BCUT2D eigenvalue weighted by Crippen LogP contribution is 2.32. The van der Waals surface area contributed by atoms with Gasteiger partial charge >= 0.3 is 0 Å². The molecule has 1 N–H and O–H groups in total. The highest BCUT2D eigenvalue weighted by Gasteiger charge is 2.20. The number of nitrogens with zero attached hydrogens (tertiary/aromatic N) is 2. The third-order valence-corrected chi connectivity index (χ3v) is 5.80. The van der Waals surface area contributed by atoms with E-state index in [1.807, 2.05) is 69.3 Å². The number of anilines is 1. The molecule has 146 valence electrons. The molecule has 0 aliphatic heterocycles. The van der Waals surface area contributed by atoms with Gasteiger partial charge in [-0.1, -0.05) is 48.2 Å². The van der Waals surface area contributed by atoms with Crippen molar-refractivity contribution in [3.8, 4) is 11.6 Å². The molecule has 0 radical (unpaired) electrons. The van der Waals surface area contributed by atoms with E-state index in [-0.39, 0.29) is 11.2 Å². The number of furan rings is 1.